The topological polar surface area (TPSA) is 79.4 Å². The number of carbonyl (C=O) groups excluding carboxylic acids is 2. The lowest BCUT2D eigenvalue weighted by Crippen LogP contribution is -2.43. The third kappa shape index (κ3) is 3.73. The zero-order valence-corrected chi connectivity index (χ0v) is 20.7. The van der Waals surface area contributed by atoms with Crippen molar-refractivity contribution in [3.8, 4) is 0 Å². The molecule has 0 spiro atoms. The Morgan fingerprint density at radius 3 is 2.71 bits per heavy atom. The van der Waals surface area contributed by atoms with Crippen LogP contribution in [0.15, 0.2) is 48.1 Å². The minimum Gasteiger partial charge on any atom is -0.383 e. The van der Waals surface area contributed by atoms with Crippen LogP contribution in [-0.4, -0.2) is 59.6 Å². The number of imide groups is 1. The van der Waals surface area contributed by atoms with Gasteiger partial charge in [-0.15, -0.1) is 11.3 Å². The van der Waals surface area contributed by atoms with Crippen molar-refractivity contribution < 1.29 is 14.3 Å². The Labute approximate surface area is 207 Å². The number of para-hydroxylation sites is 1. The van der Waals surface area contributed by atoms with Gasteiger partial charge in [0, 0.05) is 59.5 Å². The summed E-state index contributed by atoms with van der Waals surface area (Å²) >= 11 is 1.58. The highest BCUT2D eigenvalue weighted by atomic mass is 32.1. The Morgan fingerprint density at radius 1 is 1.09 bits per heavy atom. The van der Waals surface area contributed by atoms with Gasteiger partial charge in [-0.05, 0) is 49.9 Å². The number of hydrogen-bond donors (Lipinski definition) is 2. The molecule has 2 N–H and O–H groups in total. The van der Waals surface area contributed by atoms with Crippen molar-refractivity contribution in [2.45, 2.75) is 25.4 Å². The number of likely N-dealkylation sites (tertiary alicyclic amines) is 1. The Hall–Kier alpha value is -3.20. The molecule has 8 heteroatoms. The van der Waals surface area contributed by atoms with Gasteiger partial charge in [0.15, 0.2) is 0 Å². The van der Waals surface area contributed by atoms with E-state index < -0.39 is 0 Å². The number of ether oxygens (including phenoxy) is 1. The van der Waals surface area contributed by atoms with Gasteiger partial charge in [0.25, 0.3) is 11.8 Å². The van der Waals surface area contributed by atoms with Gasteiger partial charge >= 0.3 is 0 Å². The summed E-state index contributed by atoms with van der Waals surface area (Å²) in [5, 5.41) is 6.49. The van der Waals surface area contributed by atoms with Crippen molar-refractivity contribution in [2.24, 2.45) is 5.92 Å². The number of nitrogens with zero attached hydrogens (tertiary/aromatic N) is 2. The van der Waals surface area contributed by atoms with Gasteiger partial charge in [-0.2, -0.15) is 0 Å². The lowest BCUT2D eigenvalue weighted by atomic mass is 9.91. The van der Waals surface area contributed by atoms with Crippen molar-refractivity contribution >= 4 is 55.4 Å². The summed E-state index contributed by atoms with van der Waals surface area (Å²) in [7, 11) is 3.93. The van der Waals surface area contributed by atoms with Crippen LogP contribution in [-0.2, 0) is 20.9 Å². The molecule has 4 aromatic rings. The van der Waals surface area contributed by atoms with Crippen LogP contribution in [0, 0.1) is 5.92 Å². The number of likely N-dealkylation sites (N-methyl/N-ethyl adjacent to an activating group) is 1. The van der Waals surface area contributed by atoms with Crippen LogP contribution in [0.5, 0.6) is 0 Å². The minimum absolute atomic E-state index is 0.336. The van der Waals surface area contributed by atoms with Crippen LogP contribution in [0.25, 0.3) is 32.3 Å². The molecule has 2 atom stereocenters. The van der Waals surface area contributed by atoms with Gasteiger partial charge in [-0.25, -0.2) is 0 Å². The largest absolute Gasteiger partial charge is 0.383 e. The number of carbonyl (C=O) groups is 2. The van der Waals surface area contributed by atoms with E-state index >= 15 is 0 Å². The summed E-state index contributed by atoms with van der Waals surface area (Å²) in [6.45, 7) is 2.64. The first-order valence-electron chi connectivity index (χ1n) is 12.0. The number of H-pyrrole nitrogens is 1. The Kier molecular flexibility index (Phi) is 5.59. The standard InChI is InChI=1S/C27H28N4O3S/c1-30-9-7-16(11-17(30)15-34-2)13-31-14-21(18-5-3-4-6-22(18)31)24-23(25(32)29-26(24)33)20-12-28-27-19(20)8-10-35-27/h3-6,8,10,12,14,16-17,28H,7,9,11,13,15H2,1-2H3,(H,29,32,33). The number of aromatic amines is 1. The number of hydrogen-bond acceptors (Lipinski definition) is 5. The van der Waals surface area contributed by atoms with Crippen LogP contribution >= 0.6 is 11.3 Å². The van der Waals surface area contributed by atoms with Crippen LogP contribution in [0.4, 0.5) is 0 Å². The van der Waals surface area contributed by atoms with Crippen LogP contribution < -0.4 is 5.32 Å². The fourth-order valence-corrected chi connectivity index (χ4v) is 6.48. The molecule has 3 aromatic heterocycles. The fraction of sp³-hybridized carbons (Fsp3) is 0.333. The highest BCUT2D eigenvalue weighted by molar-refractivity contribution is 7.16. The quantitative estimate of drug-likeness (QED) is 0.401. The van der Waals surface area contributed by atoms with E-state index in [1.807, 2.05) is 35.8 Å². The molecule has 7 nitrogen and oxygen atoms in total. The zero-order chi connectivity index (χ0) is 24.1. The molecule has 2 unspecified atom stereocenters. The fourth-order valence-electron chi connectivity index (χ4n) is 5.70. The molecule has 6 rings (SSSR count). The maximum absolute atomic E-state index is 13.1. The predicted molar refractivity (Wildman–Crippen MR) is 139 cm³/mol. The van der Waals surface area contributed by atoms with Crippen LogP contribution in [0.2, 0.25) is 0 Å². The van der Waals surface area contributed by atoms with Gasteiger partial charge < -0.3 is 19.2 Å². The van der Waals surface area contributed by atoms with Crippen molar-refractivity contribution in [3.63, 3.8) is 0 Å². The SMILES string of the molecule is COCC1CC(Cn2cc(C3=C(c4c[nH]c5sccc45)C(=O)NC3=O)c3ccccc32)CCN1C. The van der Waals surface area contributed by atoms with Crippen LogP contribution in [0.1, 0.15) is 24.0 Å². The molecular formula is C27H28N4O3S. The first kappa shape index (κ1) is 22.3. The number of thiophene rings is 1. The summed E-state index contributed by atoms with van der Waals surface area (Å²) in [4.78, 5) is 32.7. The molecule has 0 bridgehead atoms. The third-order valence-electron chi connectivity index (χ3n) is 7.49. The van der Waals surface area contributed by atoms with E-state index in [0.717, 1.165) is 64.8 Å². The minimum atomic E-state index is -0.341. The molecule has 5 heterocycles. The van der Waals surface area contributed by atoms with Gasteiger partial charge in [-0.3, -0.25) is 14.9 Å². The molecule has 0 radical (unpaired) electrons. The van der Waals surface area contributed by atoms with E-state index in [9.17, 15) is 9.59 Å². The highest BCUT2D eigenvalue weighted by Crippen LogP contribution is 2.39. The number of fused-ring (bicyclic) bond motifs is 2. The number of nitrogens with one attached hydrogen (secondary N) is 2. The number of amides is 2. The third-order valence-corrected chi connectivity index (χ3v) is 8.34. The van der Waals surface area contributed by atoms with E-state index in [0.29, 0.717) is 23.1 Å². The lowest BCUT2D eigenvalue weighted by Gasteiger charge is -2.37. The zero-order valence-electron chi connectivity index (χ0n) is 19.8. The van der Waals surface area contributed by atoms with Crippen LogP contribution in [0.3, 0.4) is 0 Å². The molecule has 0 aliphatic carbocycles. The molecule has 2 aliphatic heterocycles. The second kappa shape index (κ2) is 8.78. The number of rotatable bonds is 6. The molecule has 1 aromatic carbocycles. The first-order valence-corrected chi connectivity index (χ1v) is 12.9. The summed E-state index contributed by atoms with van der Waals surface area (Å²) in [6.07, 6.45) is 6.09. The van der Waals surface area contributed by atoms with E-state index in [1.54, 1.807) is 18.4 Å². The van der Waals surface area contributed by atoms with E-state index in [1.165, 1.54) is 0 Å². The maximum atomic E-state index is 13.1. The first-order chi connectivity index (χ1) is 17.0. The molecule has 180 valence electrons. The lowest BCUT2D eigenvalue weighted by molar-refractivity contribution is -0.122. The number of methoxy groups -OCH3 is 1. The summed E-state index contributed by atoms with van der Waals surface area (Å²) in [6, 6.07) is 10.6. The van der Waals surface area contributed by atoms with Crippen molar-refractivity contribution in [1.82, 2.24) is 19.8 Å². The second-order valence-corrected chi connectivity index (χ2v) is 10.5. The normalized spacial score (nSPS) is 21.5. The molecule has 2 amide bonds. The second-order valence-electron chi connectivity index (χ2n) is 9.59. The maximum Gasteiger partial charge on any atom is 0.259 e. The van der Waals surface area contributed by atoms with E-state index in [4.69, 9.17) is 4.74 Å². The number of aromatic nitrogens is 2. The molecule has 1 saturated heterocycles. The van der Waals surface area contributed by atoms with Gasteiger partial charge in [0.05, 0.1) is 17.8 Å². The monoisotopic (exact) mass is 488 g/mol. The smallest absolute Gasteiger partial charge is 0.259 e. The van der Waals surface area contributed by atoms with Gasteiger partial charge in [0.1, 0.15) is 4.83 Å². The van der Waals surface area contributed by atoms with Crippen molar-refractivity contribution in [3.05, 3.63) is 59.2 Å². The van der Waals surface area contributed by atoms with Gasteiger partial charge in [0.2, 0.25) is 0 Å². The summed E-state index contributed by atoms with van der Waals surface area (Å²) in [5.41, 5.74) is 3.57. The molecule has 0 saturated carbocycles. The molecule has 2 aliphatic rings. The highest BCUT2D eigenvalue weighted by Gasteiger charge is 2.35. The Balaban J connectivity index is 1.44. The summed E-state index contributed by atoms with van der Waals surface area (Å²) in [5.74, 6) is -0.166. The molecule has 35 heavy (non-hydrogen) atoms. The van der Waals surface area contributed by atoms with E-state index in [2.05, 4.69) is 39.1 Å². The van der Waals surface area contributed by atoms with Crippen molar-refractivity contribution in [2.75, 3.05) is 27.3 Å². The van der Waals surface area contributed by atoms with Gasteiger partial charge in [-0.1, -0.05) is 18.2 Å². The van der Waals surface area contributed by atoms with Crippen molar-refractivity contribution in [1.29, 1.82) is 0 Å². The number of piperidine rings is 1. The molecular weight excluding hydrogens is 460 g/mol. The Morgan fingerprint density at radius 2 is 1.89 bits per heavy atom. The summed E-state index contributed by atoms with van der Waals surface area (Å²) < 4.78 is 7.72. The average molecular weight is 489 g/mol. The Bertz CT molecular complexity index is 1480. The van der Waals surface area contributed by atoms with E-state index in [-0.39, 0.29) is 11.8 Å². The molecule has 1 fully saturated rings. The average Bonchev–Trinajstić information content (AvgIpc) is 3.60. The predicted octanol–water partition coefficient (Wildman–Crippen LogP) is 4.11. The number of benzene rings is 1.